The number of hydrogen-bond donors (Lipinski definition) is 3. The number of allylic oxidation sites excluding steroid dienone is 8. The molecule has 1 rings (SSSR count). The molecular formula is C24H38N6O2. The normalized spacial score (nSPS) is 18.6. The van der Waals surface area contributed by atoms with Crippen LogP contribution < -0.4 is 17.1 Å². The van der Waals surface area contributed by atoms with Gasteiger partial charge in [0.15, 0.2) is 0 Å². The van der Waals surface area contributed by atoms with E-state index in [9.17, 15) is 4.79 Å². The Balaban J connectivity index is 3.00. The van der Waals surface area contributed by atoms with Crippen molar-refractivity contribution < 1.29 is 9.53 Å². The van der Waals surface area contributed by atoms with E-state index in [-0.39, 0.29) is 24.4 Å². The molecule has 32 heavy (non-hydrogen) atoms. The number of hydrazone groups is 1. The van der Waals surface area contributed by atoms with Crippen LogP contribution in [0.5, 0.6) is 0 Å². The van der Waals surface area contributed by atoms with Crippen molar-refractivity contribution in [2.75, 3.05) is 13.7 Å². The minimum atomic E-state index is -0.566. The molecule has 0 aromatic rings. The second-order valence-electron chi connectivity index (χ2n) is 7.95. The third kappa shape index (κ3) is 7.55. The predicted octanol–water partition coefficient (Wildman–Crippen LogP) is 3.96. The van der Waals surface area contributed by atoms with Crippen LogP contribution in [0, 0.1) is 17.8 Å². The van der Waals surface area contributed by atoms with Crippen LogP contribution in [0.2, 0.25) is 0 Å². The highest BCUT2D eigenvalue weighted by Crippen LogP contribution is 2.27. The van der Waals surface area contributed by atoms with Crippen LogP contribution in [0.15, 0.2) is 76.9 Å². The summed E-state index contributed by atoms with van der Waals surface area (Å²) in [5.74, 6) is 12.0. The molecule has 0 aromatic heterocycles. The number of carbonyl (C=O) groups is 1. The third-order valence-electron chi connectivity index (χ3n) is 5.41. The Morgan fingerprint density at radius 2 is 2.06 bits per heavy atom. The lowest BCUT2D eigenvalue weighted by molar-refractivity contribution is 0.139. The third-order valence-corrected chi connectivity index (χ3v) is 5.41. The zero-order chi connectivity index (χ0) is 24.4. The number of ether oxygens (including phenoxy) is 1. The molecule has 0 saturated carbocycles. The van der Waals surface area contributed by atoms with E-state index < -0.39 is 6.03 Å². The summed E-state index contributed by atoms with van der Waals surface area (Å²) in [6.07, 6.45) is 11.7. The second-order valence-corrected chi connectivity index (χ2v) is 7.95. The number of nitrogens with two attached hydrogens (primary N) is 2. The molecule has 0 fully saturated rings. The Bertz CT molecular complexity index is 851. The zero-order valence-corrected chi connectivity index (χ0v) is 20.1. The van der Waals surface area contributed by atoms with E-state index in [1.807, 2.05) is 59.1 Å². The van der Waals surface area contributed by atoms with Crippen molar-refractivity contribution in [2.24, 2.45) is 34.5 Å². The fourth-order valence-electron chi connectivity index (χ4n) is 2.87. The van der Waals surface area contributed by atoms with Crippen LogP contribution in [0.1, 0.15) is 34.6 Å². The minimum absolute atomic E-state index is 0.0300. The number of urea groups is 1. The van der Waals surface area contributed by atoms with Crippen molar-refractivity contribution >= 4 is 12.2 Å². The van der Waals surface area contributed by atoms with E-state index in [4.69, 9.17) is 16.4 Å². The maximum atomic E-state index is 12.2. The van der Waals surface area contributed by atoms with Crippen molar-refractivity contribution in [3.8, 4) is 0 Å². The first-order valence-corrected chi connectivity index (χ1v) is 10.5. The standard InChI is InChI=1S/C24H38N6O2/c1-9-16(3)22(20(7)30(26)24(31)29(8)25)15-32-23-13-18(5)21(12-11-17(23)4)14-27-28-19(6)10-2/h9-14,16,21-22,28H,1,7,15,25-26H2,2-6,8H3/b19-10-,27-14+. The van der Waals surface area contributed by atoms with E-state index in [0.29, 0.717) is 5.70 Å². The lowest BCUT2D eigenvalue weighted by atomic mass is 9.92. The first-order chi connectivity index (χ1) is 15.0. The van der Waals surface area contributed by atoms with Crippen molar-refractivity contribution in [3.63, 3.8) is 0 Å². The fraction of sp³-hybridized carbons (Fsp3) is 0.417. The lowest BCUT2D eigenvalue weighted by Crippen LogP contribution is -2.49. The number of nitrogens with zero attached hydrogens (tertiary/aromatic N) is 3. The van der Waals surface area contributed by atoms with Gasteiger partial charge in [-0.15, -0.1) is 6.58 Å². The molecule has 0 aromatic carbocycles. The van der Waals surface area contributed by atoms with Gasteiger partial charge in [0.1, 0.15) is 5.76 Å². The molecule has 1 aliphatic rings. The van der Waals surface area contributed by atoms with Crippen LogP contribution in [-0.4, -0.2) is 35.9 Å². The highest BCUT2D eigenvalue weighted by molar-refractivity contribution is 5.74. The molecule has 0 radical (unpaired) electrons. The van der Waals surface area contributed by atoms with Crippen molar-refractivity contribution in [1.82, 2.24) is 15.4 Å². The number of carbonyl (C=O) groups excluding carboxylic acids is 1. The topological polar surface area (TPSA) is 109 Å². The molecule has 8 heteroatoms. The quantitative estimate of drug-likeness (QED) is 0.156. The molecule has 0 saturated heterocycles. The van der Waals surface area contributed by atoms with Gasteiger partial charge in [-0.05, 0) is 45.3 Å². The van der Waals surface area contributed by atoms with Crippen LogP contribution in [0.3, 0.4) is 0 Å². The number of hydrazine groups is 2. The fourth-order valence-corrected chi connectivity index (χ4v) is 2.87. The van der Waals surface area contributed by atoms with Gasteiger partial charge in [-0.25, -0.2) is 21.5 Å². The Morgan fingerprint density at radius 1 is 1.41 bits per heavy atom. The minimum Gasteiger partial charge on any atom is -0.493 e. The van der Waals surface area contributed by atoms with Gasteiger partial charge in [-0.3, -0.25) is 10.4 Å². The molecule has 0 aliphatic heterocycles. The smallest absolute Gasteiger partial charge is 0.352 e. The molecule has 8 nitrogen and oxygen atoms in total. The van der Waals surface area contributed by atoms with Crippen LogP contribution in [-0.2, 0) is 4.74 Å². The summed E-state index contributed by atoms with van der Waals surface area (Å²) in [6, 6.07) is -0.566. The number of amides is 2. The monoisotopic (exact) mass is 442 g/mol. The summed E-state index contributed by atoms with van der Waals surface area (Å²) >= 11 is 0. The number of rotatable bonds is 10. The molecule has 176 valence electrons. The highest BCUT2D eigenvalue weighted by atomic mass is 16.5. The molecule has 0 heterocycles. The van der Waals surface area contributed by atoms with Gasteiger partial charge in [0.05, 0.1) is 6.61 Å². The van der Waals surface area contributed by atoms with Crippen LogP contribution in [0.25, 0.3) is 0 Å². The predicted molar refractivity (Wildman–Crippen MR) is 131 cm³/mol. The van der Waals surface area contributed by atoms with Gasteiger partial charge in [-0.2, -0.15) is 5.10 Å². The Morgan fingerprint density at radius 3 is 2.62 bits per heavy atom. The largest absolute Gasteiger partial charge is 0.493 e. The van der Waals surface area contributed by atoms with E-state index >= 15 is 0 Å². The van der Waals surface area contributed by atoms with Gasteiger partial charge < -0.3 is 4.74 Å². The molecule has 2 amide bonds. The van der Waals surface area contributed by atoms with Gasteiger partial charge in [0.25, 0.3) is 0 Å². The summed E-state index contributed by atoms with van der Waals surface area (Å²) in [5.41, 5.74) is 6.44. The summed E-state index contributed by atoms with van der Waals surface area (Å²) in [6.45, 7) is 18.0. The summed E-state index contributed by atoms with van der Waals surface area (Å²) in [7, 11) is 1.42. The van der Waals surface area contributed by atoms with E-state index in [1.165, 1.54) is 7.05 Å². The van der Waals surface area contributed by atoms with Crippen molar-refractivity contribution in [1.29, 1.82) is 0 Å². The molecule has 3 unspecified atom stereocenters. The average Bonchev–Trinajstić information content (AvgIpc) is 2.90. The highest BCUT2D eigenvalue weighted by Gasteiger charge is 2.27. The lowest BCUT2D eigenvalue weighted by Gasteiger charge is -2.30. The summed E-state index contributed by atoms with van der Waals surface area (Å²) in [4.78, 5) is 12.2. The van der Waals surface area contributed by atoms with Crippen molar-refractivity contribution in [3.05, 3.63) is 71.8 Å². The zero-order valence-electron chi connectivity index (χ0n) is 20.1. The Kier molecular flexibility index (Phi) is 10.7. The maximum Gasteiger partial charge on any atom is 0.352 e. The first-order valence-electron chi connectivity index (χ1n) is 10.5. The van der Waals surface area contributed by atoms with Crippen molar-refractivity contribution in [2.45, 2.75) is 34.6 Å². The van der Waals surface area contributed by atoms with Gasteiger partial charge in [0.2, 0.25) is 0 Å². The summed E-state index contributed by atoms with van der Waals surface area (Å²) in [5, 5.41) is 6.17. The Hall–Kier alpha value is -3.10. The SMILES string of the molecule is C=CC(C)C(COC1=C(C)C=CC(/C=N/N/C(C)=C\C)C(C)=C1)C(=C)N(N)C(=O)N(C)N. The molecule has 0 bridgehead atoms. The molecule has 1 aliphatic carbocycles. The van der Waals surface area contributed by atoms with Gasteiger partial charge >= 0.3 is 6.03 Å². The van der Waals surface area contributed by atoms with Gasteiger partial charge in [-0.1, -0.05) is 43.4 Å². The van der Waals surface area contributed by atoms with E-state index in [0.717, 1.165) is 32.6 Å². The molecule has 0 spiro atoms. The maximum absolute atomic E-state index is 12.2. The summed E-state index contributed by atoms with van der Waals surface area (Å²) < 4.78 is 6.19. The van der Waals surface area contributed by atoms with Gasteiger partial charge in [0, 0.05) is 36.5 Å². The number of nitrogens with one attached hydrogen (secondary N) is 1. The van der Waals surface area contributed by atoms with Crippen LogP contribution >= 0.6 is 0 Å². The molecule has 3 atom stereocenters. The average molecular weight is 443 g/mol. The van der Waals surface area contributed by atoms with E-state index in [1.54, 1.807) is 6.08 Å². The first kappa shape index (κ1) is 26.9. The van der Waals surface area contributed by atoms with Crippen LogP contribution in [0.4, 0.5) is 4.79 Å². The molecular weight excluding hydrogens is 404 g/mol. The van der Waals surface area contributed by atoms with E-state index in [2.05, 4.69) is 29.8 Å². The Labute approximate surface area is 192 Å². The number of hydrogen-bond acceptors (Lipinski definition) is 6. The second kappa shape index (κ2) is 12.7. The molecule has 5 N–H and O–H groups in total.